The molecule has 2 aromatic carbocycles. The maximum absolute atomic E-state index is 6.58. The monoisotopic (exact) mass is 324 g/mol. The van der Waals surface area contributed by atoms with Crippen molar-refractivity contribution in [2.75, 3.05) is 26.2 Å². The number of para-hydroxylation sites is 1. The smallest absolute Gasteiger partial charge is 0.231 e. The Balaban J connectivity index is 1.68. The number of anilines is 1. The van der Waals surface area contributed by atoms with Crippen molar-refractivity contribution in [1.29, 1.82) is 0 Å². The molecule has 0 aliphatic carbocycles. The maximum atomic E-state index is 6.58. The number of nitrogens with zero attached hydrogens (tertiary/aromatic N) is 2. The Morgan fingerprint density at radius 3 is 2.79 bits per heavy atom. The fourth-order valence-corrected chi connectivity index (χ4v) is 3.08. The van der Waals surface area contributed by atoms with E-state index < -0.39 is 5.79 Å². The molecule has 0 spiro atoms. The second-order valence-corrected chi connectivity index (χ2v) is 6.29. The number of fused-ring (bicyclic) bond motifs is 2. The number of nitrogens with one attached hydrogen (secondary N) is 1. The highest BCUT2D eigenvalue weighted by atomic mass is 16.7. The molecule has 0 fully saturated rings. The second kappa shape index (κ2) is 5.42. The second-order valence-electron chi connectivity index (χ2n) is 6.29. The predicted molar refractivity (Wildman–Crippen MR) is 93.5 cm³/mol. The third-order valence-electron chi connectivity index (χ3n) is 4.16. The van der Waals surface area contributed by atoms with Crippen LogP contribution in [0.25, 0.3) is 0 Å². The quantitative estimate of drug-likeness (QED) is 0.884. The van der Waals surface area contributed by atoms with Gasteiger partial charge in [0.2, 0.25) is 6.79 Å². The fraction of sp³-hybridized carbons (Fsp3) is 0.278. The van der Waals surface area contributed by atoms with Gasteiger partial charge in [-0.1, -0.05) is 18.2 Å². The minimum Gasteiger partial charge on any atom is -0.454 e. The third kappa shape index (κ3) is 2.55. The molecule has 0 amide bonds. The molecule has 0 saturated carbocycles. The molecule has 2 aromatic rings. The van der Waals surface area contributed by atoms with Crippen LogP contribution in [-0.4, -0.2) is 37.4 Å². The minimum absolute atomic E-state index is 0.265. The van der Waals surface area contributed by atoms with Crippen LogP contribution in [0.1, 0.15) is 11.1 Å². The zero-order valence-electron chi connectivity index (χ0n) is 13.7. The van der Waals surface area contributed by atoms with Gasteiger partial charge in [0.15, 0.2) is 17.3 Å². The van der Waals surface area contributed by atoms with Crippen LogP contribution in [0.5, 0.6) is 11.5 Å². The Labute approximate surface area is 140 Å². The molecule has 0 bridgehead atoms. The SMILES string of the molecule is CN(C)C1=NC(N)(Cc2ccc3c(c2)OCO3)Nc2ccccc21. The van der Waals surface area contributed by atoms with Crippen molar-refractivity contribution < 1.29 is 9.47 Å². The molecule has 6 nitrogen and oxygen atoms in total. The van der Waals surface area contributed by atoms with E-state index in [9.17, 15) is 0 Å². The van der Waals surface area contributed by atoms with Crippen molar-refractivity contribution in [3.05, 3.63) is 53.6 Å². The topological polar surface area (TPSA) is 72.1 Å². The molecule has 2 heterocycles. The van der Waals surface area contributed by atoms with Gasteiger partial charge in [0.05, 0.1) is 0 Å². The van der Waals surface area contributed by atoms with Crippen LogP contribution < -0.4 is 20.5 Å². The molecule has 2 aliphatic rings. The summed E-state index contributed by atoms with van der Waals surface area (Å²) in [5.74, 6) is 1.47. The van der Waals surface area contributed by atoms with E-state index in [2.05, 4.69) is 5.32 Å². The van der Waals surface area contributed by atoms with Crippen molar-refractivity contribution >= 4 is 11.5 Å². The van der Waals surface area contributed by atoms with E-state index in [1.54, 1.807) is 0 Å². The summed E-state index contributed by atoms with van der Waals surface area (Å²) in [5.41, 5.74) is 9.66. The molecular formula is C18H20N4O2. The normalized spacial score (nSPS) is 20.9. The number of benzene rings is 2. The van der Waals surface area contributed by atoms with Gasteiger partial charge < -0.3 is 19.7 Å². The first kappa shape index (κ1) is 14.8. The predicted octanol–water partition coefficient (Wildman–Crippen LogP) is 2.00. The molecule has 0 aromatic heterocycles. The van der Waals surface area contributed by atoms with Gasteiger partial charge in [-0.2, -0.15) is 0 Å². The van der Waals surface area contributed by atoms with E-state index in [0.717, 1.165) is 34.1 Å². The molecule has 124 valence electrons. The summed E-state index contributed by atoms with van der Waals surface area (Å²) < 4.78 is 10.8. The standard InChI is InChI=1S/C18H20N4O2/c1-22(2)17-13-5-3-4-6-14(13)20-18(19,21-17)10-12-7-8-15-16(9-12)24-11-23-15/h3-9,20H,10-11,19H2,1-2H3. The van der Waals surface area contributed by atoms with Gasteiger partial charge in [0.1, 0.15) is 5.84 Å². The fourth-order valence-electron chi connectivity index (χ4n) is 3.08. The van der Waals surface area contributed by atoms with Crippen LogP contribution >= 0.6 is 0 Å². The van der Waals surface area contributed by atoms with E-state index in [0.29, 0.717) is 6.42 Å². The number of nitrogens with two attached hydrogens (primary N) is 1. The van der Waals surface area contributed by atoms with Crippen molar-refractivity contribution in [2.24, 2.45) is 10.7 Å². The number of hydrogen-bond acceptors (Lipinski definition) is 6. The lowest BCUT2D eigenvalue weighted by Crippen LogP contribution is -2.52. The van der Waals surface area contributed by atoms with Crippen LogP contribution in [0.15, 0.2) is 47.5 Å². The minimum atomic E-state index is -0.915. The lowest BCUT2D eigenvalue weighted by Gasteiger charge is -2.35. The lowest BCUT2D eigenvalue weighted by atomic mass is 10.0. The molecule has 24 heavy (non-hydrogen) atoms. The summed E-state index contributed by atoms with van der Waals surface area (Å²) in [5, 5.41) is 3.37. The highest BCUT2D eigenvalue weighted by Crippen LogP contribution is 2.34. The van der Waals surface area contributed by atoms with Crippen molar-refractivity contribution in [1.82, 2.24) is 4.90 Å². The summed E-state index contributed by atoms with van der Waals surface area (Å²) in [4.78, 5) is 6.77. The Morgan fingerprint density at radius 2 is 1.96 bits per heavy atom. The van der Waals surface area contributed by atoms with Gasteiger partial charge in [-0.05, 0) is 29.8 Å². The molecule has 3 N–H and O–H groups in total. The average molecular weight is 324 g/mol. The van der Waals surface area contributed by atoms with Gasteiger partial charge in [-0.3, -0.25) is 5.73 Å². The van der Waals surface area contributed by atoms with E-state index >= 15 is 0 Å². The van der Waals surface area contributed by atoms with E-state index in [1.165, 1.54) is 0 Å². The molecule has 1 unspecified atom stereocenters. The van der Waals surface area contributed by atoms with Crippen LogP contribution in [0.4, 0.5) is 5.69 Å². The Kier molecular flexibility index (Phi) is 3.35. The van der Waals surface area contributed by atoms with Gasteiger partial charge in [-0.15, -0.1) is 0 Å². The molecular weight excluding hydrogens is 304 g/mol. The highest BCUT2D eigenvalue weighted by Gasteiger charge is 2.32. The Hall–Kier alpha value is -2.73. The molecule has 2 aliphatic heterocycles. The van der Waals surface area contributed by atoms with E-state index in [4.69, 9.17) is 20.2 Å². The average Bonchev–Trinajstić information content (AvgIpc) is 3.01. The molecule has 0 radical (unpaired) electrons. The lowest BCUT2D eigenvalue weighted by molar-refractivity contribution is 0.174. The first-order valence-electron chi connectivity index (χ1n) is 7.86. The Morgan fingerprint density at radius 1 is 1.17 bits per heavy atom. The molecule has 0 saturated heterocycles. The van der Waals surface area contributed by atoms with E-state index in [1.807, 2.05) is 61.5 Å². The number of aliphatic imine (C=N–C) groups is 1. The summed E-state index contributed by atoms with van der Waals surface area (Å²) in [6.45, 7) is 0.265. The van der Waals surface area contributed by atoms with Crippen LogP contribution in [0, 0.1) is 0 Å². The van der Waals surface area contributed by atoms with E-state index in [-0.39, 0.29) is 6.79 Å². The zero-order valence-corrected chi connectivity index (χ0v) is 13.7. The van der Waals surface area contributed by atoms with Crippen molar-refractivity contribution in [2.45, 2.75) is 12.2 Å². The number of hydrogen-bond donors (Lipinski definition) is 2. The summed E-state index contributed by atoms with van der Waals surface area (Å²) in [6.07, 6.45) is 0.537. The van der Waals surface area contributed by atoms with Crippen LogP contribution in [-0.2, 0) is 6.42 Å². The number of amidine groups is 1. The molecule has 4 rings (SSSR count). The van der Waals surface area contributed by atoms with Crippen molar-refractivity contribution in [3.63, 3.8) is 0 Å². The Bertz CT molecular complexity index is 818. The molecule has 1 atom stereocenters. The van der Waals surface area contributed by atoms with Gasteiger partial charge in [-0.25, -0.2) is 4.99 Å². The van der Waals surface area contributed by atoms with Crippen molar-refractivity contribution in [3.8, 4) is 11.5 Å². The van der Waals surface area contributed by atoms with Crippen LogP contribution in [0.3, 0.4) is 0 Å². The van der Waals surface area contributed by atoms with Gasteiger partial charge in [0.25, 0.3) is 0 Å². The first-order chi connectivity index (χ1) is 11.5. The highest BCUT2D eigenvalue weighted by molar-refractivity contribution is 6.05. The van der Waals surface area contributed by atoms with Gasteiger partial charge in [0, 0.05) is 31.8 Å². The van der Waals surface area contributed by atoms with Gasteiger partial charge >= 0.3 is 0 Å². The molecule has 6 heteroatoms. The summed E-state index contributed by atoms with van der Waals surface area (Å²) >= 11 is 0. The summed E-state index contributed by atoms with van der Waals surface area (Å²) in [6, 6.07) is 13.9. The van der Waals surface area contributed by atoms with Crippen LogP contribution in [0.2, 0.25) is 0 Å². The number of rotatable bonds is 2. The number of ether oxygens (including phenoxy) is 2. The third-order valence-corrected chi connectivity index (χ3v) is 4.16. The first-order valence-corrected chi connectivity index (χ1v) is 7.86. The zero-order chi connectivity index (χ0) is 16.7. The summed E-state index contributed by atoms with van der Waals surface area (Å²) in [7, 11) is 3.95. The maximum Gasteiger partial charge on any atom is 0.231 e. The largest absolute Gasteiger partial charge is 0.454 e.